The second kappa shape index (κ2) is 7.00. The van der Waals surface area contributed by atoms with E-state index in [1.54, 1.807) is 20.8 Å². The zero-order valence-corrected chi connectivity index (χ0v) is 16.3. The molecule has 1 unspecified atom stereocenters. The van der Waals surface area contributed by atoms with E-state index in [0.29, 0.717) is 6.42 Å². The van der Waals surface area contributed by atoms with Crippen LogP contribution in [0.15, 0.2) is 0 Å². The van der Waals surface area contributed by atoms with Crippen LogP contribution in [-0.4, -0.2) is 42.0 Å². The number of hydrogen-bond donors (Lipinski definition) is 0. The fourth-order valence-corrected chi connectivity index (χ4v) is 3.96. The van der Waals surface area contributed by atoms with Gasteiger partial charge in [0.25, 0.3) is 0 Å². The van der Waals surface area contributed by atoms with Crippen molar-refractivity contribution in [3.05, 3.63) is 0 Å². The summed E-state index contributed by atoms with van der Waals surface area (Å²) in [7, 11) is 0. The Hall–Kier alpha value is -1.92. The van der Waals surface area contributed by atoms with Crippen molar-refractivity contribution < 1.29 is 33.4 Å². The predicted molar refractivity (Wildman–Crippen MR) is 90.9 cm³/mol. The van der Waals surface area contributed by atoms with Crippen molar-refractivity contribution in [2.24, 2.45) is 16.7 Å². The van der Waals surface area contributed by atoms with Crippen molar-refractivity contribution in [1.29, 1.82) is 0 Å². The highest BCUT2D eigenvalue weighted by Gasteiger charge is 2.60. The Morgan fingerprint density at radius 1 is 1.04 bits per heavy atom. The molecule has 0 aromatic carbocycles. The van der Waals surface area contributed by atoms with Crippen molar-refractivity contribution in [3.63, 3.8) is 0 Å². The molecule has 0 bridgehead atoms. The first-order valence-corrected chi connectivity index (χ1v) is 8.93. The van der Waals surface area contributed by atoms with E-state index in [-0.39, 0.29) is 30.5 Å². The number of ether oxygens (including phenoxy) is 3. The van der Waals surface area contributed by atoms with Gasteiger partial charge in [0.1, 0.15) is 12.2 Å². The molecule has 2 aliphatic rings. The molecule has 0 saturated heterocycles. The van der Waals surface area contributed by atoms with E-state index in [1.807, 2.05) is 6.92 Å². The van der Waals surface area contributed by atoms with Gasteiger partial charge in [-0.25, -0.2) is 0 Å². The molecule has 2 rings (SSSR count). The Labute approximate surface area is 153 Å². The van der Waals surface area contributed by atoms with E-state index < -0.39 is 41.1 Å². The summed E-state index contributed by atoms with van der Waals surface area (Å²) in [6.45, 7) is 9.77. The molecule has 146 valence electrons. The van der Waals surface area contributed by atoms with Crippen LogP contribution in [0.4, 0.5) is 0 Å². The number of carbonyl (C=O) groups is 4. The van der Waals surface area contributed by atoms with E-state index in [4.69, 9.17) is 14.2 Å². The topological polar surface area (TPSA) is 96.0 Å². The molecule has 0 aliphatic heterocycles. The van der Waals surface area contributed by atoms with Gasteiger partial charge in [-0.3, -0.25) is 19.2 Å². The molecule has 26 heavy (non-hydrogen) atoms. The van der Waals surface area contributed by atoms with E-state index >= 15 is 0 Å². The number of Topliss-reactive ketones (excluding diaryl/α,β-unsaturated/α-hetero) is 1. The zero-order chi connectivity index (χ0) is 19.9. The van der Waals surface area contributed by atoms with Crippen LogP contribution >= 0.6 is 0 Å². The van der Waals surface area contributed by atoms with Gasteiger partial charge in [0.2, 0.25) is 0 Å². The highest BCUT2D eigenvalue weighted by molar-refractivity contribution is 5.86. The third-order valence-corrected chi connectivity index (χ3v) is 5.37. The standard InChI is InChI=1S/C19H28O7/c1-10(20)24-14-8-16(26-17(23)18(3,4)5)19(6)9-15(25-11(2)21)13(22)7-12(14)19/h12,14-16H,7-9H2,1-6H3/t12-,14+,15?,16+,19+/m1/s1. The van der Waals surface area contributed by atoms with Gasteiger partial charge in [0, 0.05) is 44.4 Å². The molecule has 7 nitrogen and oxygen atoms in total. The number of carbonyl (C=O) groups excluding carboxylic acids is 4. The largest absolute Gasteiger partial charge is 0.462 e. The summed E-state index contributed by atoms with van der Waals surface area (Å²) in [6, 6.07) is 0. The molecule has 0 aromatic heterocycles. The quantitative estimate of drug-likeness (QED) is 0.556. The lowest BCUT2D eigenvalue weighted by atomic mass is 9.66. The van der Waals surface area contributed by atoms with E-state index in [9.17, 15) is 19.2 Å². The summed E-state index contributed by atoms with van der Waals surface area (Å²) < 4.78 is 16.4. The van der Waals surface area contributed by atoms with E-state index in [2.05, 4.69) is 0 Å². The third kappa shape index (κ3) is 4.07. The Morgan fingerprint density at radius 3 is 2.12 bits per heavy atom. The van der Waals surface area contributed by atoms with Gasteiger partial charge in [-0.15, -0.1) is 0 Å². The summed E-state index contributed by atoms with van der Waals surface area (Å²) in [4.78, 5) is 47.6. The average Bonchev–Trinajstić information content (AvgIpc) is 2.70. The van der Waals surface area contributed by atoms with Crippen molar-refractivity contribution >= 4 is 23.7 Å². The molecular formula is C19H28O7. The van der Waals surface area contributed by atoms with Gasteiger partial charge in [-0.05, 0) is 20.8 Å². The van der Waals surface area contributed by atoms with Crippen LogP contribution in [0.2, 0.25) is 0 Å². The minimum atomic E-state index is -0.860. The smallest absolute Gasteiger partial charge is 0.311 e. The zero-order valence-electron chi connectivity index (χ0n) is 16.3. The normalized spacial score (nSPS) is 34.0. The van der Waals surface area contributed by atoms with Crippen LogP contribution in [0.25, 0.3) is 0 Å². The summed E-state index contributed by atoms with van der Waals surface area (Å²) in [5.41, 5.74) is -1.29. The van der Waals surface area contributed by atoms with Crippen LogP contribution in [0, 0.1) is 16.7 Å². The molecule has 7 heteroatoms. The summed E-state index contributed by atoms with van der Waals surface area (Å²) in [5, 5.41) is 0. The average molecular weight is 368 g/mol. The molecule has 2 fully saturated rings. The molecule has 0 amide bonds. The number of fused-ring (bicyclic) bond motifs is 1. The fraction of sp³-hybridized carbons (Fsp3) is 0.789. The molecule has 0 spiro atoms. The maximum atomic E-state index is 12.4. The minimum Gasteiger partial charge on any atom is -0.462 e. The van der Waals surface area contributed by atoms with Crippen molar-refractivity contribution in [2.45, 2.75) is 79.1 Å². The molecular weight excluding hydrogens is 340 g/mol. The van der Waals surface area contributed by atoms with Gasteiger partial charge in [-0.1, -0.05) is 6.92 Å². The molecule has 0 N–H and O–H groups in total. The lowest BCUT2D eigenvalue weighted by Gasteiger charge is -2.42. The fourth-order valence-electron chi connectivity index (χ4n) is 3.96. The SMILES string of the molecule is CC(=O)OC1C[C@]2(C)[C@@H](OC(=O)C(C)(C)C)C[C@H](OC(C)=O)[C@H]2CC1=O. The van der Waals surface area contributed by atoms with Gasteiger partial charge in [0.15, 0.2) is 11.9 Å². The highest BCUT2D eigenvalue weighted by Crippen LogP contribution is 2.54. The molecule has 0 aromatic rings. The molecule has 5 atom stereocenters. The summed E-state index contributed by atoms with van der Waals surface area (Å²) in [6.07, 6.45) is -1.18. The molecule has 0 heterocycles. The van der Waals surface area contributed by atoms with Crippen LogP contribution in [0.1, 0.15) is 60.8 Å². The van der Waals surface area contributed by atoms with Gasteiger partial charge < -0.3 is 14.2 Å². The number of hydrogen-bond acceptors (Lipinski definition) is 7. The lowest BCUT2D eigenvalue weighted by Crippen LogP contribution is -2.49. The lowest BCUT2D eigenvalue weighted by molar-refractivity contribution is -0.173. The predicted octanol–water partition coefficient (Wildman–Crippen LogP) is 2.20. The van der Waals surface area contributed by atoms with Crippen LogP contribution < -0.4 is 0 Å². The van der Waals surface area contributed by atoms with E-state index in [1.165, 1.54) is 13.8 Å². The van der Waals surface area contributed by atoms with Gasteiger partial charge in [-0.2, -0.15) is 0 Å². The maximum absolute atomic E-state index is 12.4. The van der Waals surface area contributed by atoms with Crippen LogP contribution in [0.3, 0.4) is 0 Å². The molecule has 2 saturated carbocycles. The summed E-state index contributed by atoms with van der Waals surface area (Å²) >= 11 is 0. The monoisotopic (exact) mass is 368 g/mol. The van der Waals surface area contributed by atoms with Crippen molar-refractivity contribution in [3.8, 4) is 0 Å². The molecule has 0 radical (unpaired) electrons. The van der Waals surface area contributed by atoms with Gasteiger partial charge >= 0.3 is 17.9 Å². The first-order valence-electron chi connectivity index (χ1n) is 8.93. The Balaban J connectivity index is 2.30. The second-order valence-corrected chi connectivity index (χ2v) is 8.61. The maximum Gasteiger partial charge on any atom is 0.311 e. The van der Waals surface area contributed by atoms with Gasteiger partial charge in [0.05, 0.1) is 5.41 Å². The van der Waals surface area contributed by atoms with Crippen LogP contribution in [0.5, 0.6) is 0 Å². The first kappa shape index (κ1) is 20.4. The molecule has 2 aliphatic carbocycles. The van der Waals surface area contributed by atoms with Crippen molar-refractivity contribution in [2.75, 3.05) is 0 Å². The third-order valence-electron chi connectivity index (χ3n) is 5.37. The Morgan fingerprint density at radius 2 is 1.62 bits per heavy atom. The van der Waals surface area contributed by atoms with E-state index in [0.717, 1.165) is 0 Å². The summed E-state index contributed by atoms with van der Waals surface area (Å²) in [5.74, 6) is -1.78. The van der Waals surface area contributed by atoms with Crippen LogP contribution in [-0.2, 0) is 33.4 Å². The minimum absolute atomic E-state index is 0.121. The first-order chi connectivity index (χ1) is 11.8. The number of ketones is 1. The van der Waals surface area contributed by atoms with Crippen molar-refractivity contribution in [1.82, 2.24) is 0 Å². The second-order valence-electron chi connectivity index (χ2n) is 8.61. The Kier molecular flexibility index (Phi) is 5.49. The Bertz CT molecular complexity index is 618. The highest BCUT2D eigenvalue weighted by atomic mass is 16.6. The number of rotatable bonds is 3. The number of esters is 3.